The molecule has 1 saturated heterocycles. The van der Waals surface area contributed by atoms with E-state index >= 15 is 0 Å². The number of ether oxygens (including phenoxy) is 1. The molecule has 3 aliphatic rings. The molecule has 0 spiro atoms. The number of piperidine rings is 1. The van der Waals surface area contributed by atoms with Crippen LogP contribution >= 0.6 is 11.6 Å². The SMILES string of the molecule is C[C@H]1CC[C@H](CO)N(c2ncc(Cl)c(Nc3ccc4c(c3)c3c(c(=O)n4C)OCC(F)(F)C(C4CC4)N3)n2)C1. The third-order valence-corrected chi connectivity index (χ3v) is 8.29. The molecule has 2 fully saturated rings. The summed E-state index contributed by atoms with van der Waals surface area (Å²) < 4.78 is 36.7. The van der Waals surface area contributed by atoms with Gasteiger partial charge in [-0.3, -0.25) is 4.79 Å². The Morgan fingerprint density at radius 2 is 2.08 bits per heavy atom. The molecule has 4 heterocycles. The molecule has 1 aliphatic carbocycles. The van der Waals surface area contributed by atoms with Crippen molar-refractivity contribution in [2.24, 2.45) is 18.9 Å². The molecule has 2 aliphatic heterocycles. The molecular formula is C27H31ClF2N6O3. The fourth-order valence-corrected chi connectivity index (χ4v) is 5.79. The van der Waals surface area contributed by atoms with Crippen LogP contribution in [0.1, 0.15) is 32.6 Å². The van der Waals surface area contributed by atoms with Crippen LogP contribution in [0, 0.1) is 11.8 Å². The summed E-state index contributed by atoms with van der Waals surface area (Å²) in [5.41, 5.74) is 0.966. The Morgan fingerprint density at radius 3 is 2.82 bits per heavy atom. The fraction of sp³-hybridized carbons (Fsp3) is 0.519. The van der Waals surface area contributed by atoms with Crippen molar-refractivity contribution >= 4 is 45.6 Å². The van der Waals surface area contributed by atoms with E-state index in [1.165, 1.54) is 10.8 Å². The number of anilines is 4. The first-order chi connectivity index (χ1) is 18.7. The number of aryl methyl sites for hydroxylation is 1. The summed E-state index contributed by atoms with van der Waals surface area (Å²) in [6.07, 6.45) is 4.81. The lowest BCUT2D eigenvalue weighted by molar-refractivity contribution is -0.0579. The Bertz CT molecular complexity index is 1480. The van der Waals surface area contributed by atoms with Crippen LogP contribution in [0.4, 0.5) is 31.9 Å². The molecule has 1 unspecified atom stereocenters. The summed E-state index contributed by atoms with van der Waals surface area (Å²) in [5.74, 6) is -2.12. The number of alkyl halides is 2. The molecular weight excluding hydrogens is 530 g/mol. The molecule has 0 bridgehead atoms. The Balaban J connectivity index is 1.39. The highest BCUT2D eigenvalue weighted by Gasteiger charge is 2.51. The van der Waals surface area contributed by atoms with Crippen molar-refractivity contribution in [2.75, 3.05) is 35.3 Å². The van der Waals surface area contributed by atoms with Gasteiger partial charge in [0.2, 0.25) is 11.7 Å². The fourth-order valence-electron chi connectivity index (χ4n) is 5.65. The summed E-state index contributed by atoms with van der Waals surface area (Å²) in [6, 6.07) is 4.11. The van der Waals surface area contributed by atoms with Gasteiger partial charge in [0.05, 0.1) is 36.1 Å². The minimum absolute atomic E-state index is 0.00589. The van der Waals surface area contributed by atoms with Crippen molar-refractivity contribution in [3.63, 3.8) is 0 Å². The smallest absolute Gasteiger partial charge is 0.301 e. The van der Waals surface area contributed by atoms with Gasteiger partial charge in [-0.25, -0.2) is 13.8 Å². The van der Waals surface area contributed by atoms with Crippen molar-refractivity contribution in [1.29, 1.82) is 0 Å². The lowest BCUT2D eigenvalue weighted by Crippen LogP contribution is -2.45. The Hall–Kier alpha value is -3.18. The van der Waals surface area contributed by atoms with Crippen molar-refractivity contribution in [3.05, 3.63) is 39.8 Å². The van der Waals surface area contributed by atoms with E-state index in [-0.39, 0.29) is 30.0 Å². The first kappa shape index (κ1) is 26.1. The van der Waals surface area contributed by atoms with Gasteiger partial charge in [-0.15, -0.1) is 0 Å². The molecule has 3 aromatic rings. The number of halogens is 3. The van der Waals surface area contributed by atoms with Gasteiger partial charge in [0.25, 0.3) is 5.56 Å². The predicted molar refractivity (Wildman–Crippen MR) is 147 cm³/mol. The molecule has 1 aromatic carbocycles. The summed E-state index contributed by atoms with van der Waals surface area (Å²) >= 11 is 6.46. The van der Waals surface area contributed by atoms with E-state index in [1.807, 2.05) is 4.90 Å². The topological polar surface area (TPSA) is 105 Å². The quantitative estimate of drug-likeness (QED) is 0.418. The molecule has 0 amide bonds. The highest BCUT2D eigenvalue weighted by Crippen LogP contribution is 2.45. The van der Waals surface area contributed by atoms with Crippen LogP contribution in [0.25, 0.3) is 10.9 Å². The van der Waals surface area contributed by atoms with Crippen LogP contribution in [0.2, 0.25) is 5.02 Å². The maximum absolute atomic E-state index is 14.9. The molecule has 39 heavy (non-hydrogen) atoms. The first-order valence-corrected chi connectivity index (χ1v) is 13.6. The number of fused-ring (bicyclic) bond motifs is 3. The molecule has 1 saturated carbocycles. The van der Waals surface area contributed by atoms with E-state index in [9.17, 15) is 18.7 Å². The maximum Gasteiger partial charge on any atom is 0.301 e. The maximum atomic E-state index is 14.9. The van der Waals surface area contributed by atoms with Gasteiger partial charge in [0.1, 0.15) is 5.02 Å². The van der Waals surface area contributed by atoms with Crippen molar-refractivity contribution in [2.45, 2.75) is 50.6 Å². The number of nitrogens with one attached hydrogen (secondary N) is 2. The van der Waals surface area contributed by atoms with E-state index in [1.54, 1.807) is 25.2 Å². The van der Waals surface area contributed by atoms with Crippen LogP contribution < -0.4 is 25.8 Å². The van der Waals surface area contributed by atoms with E-state index < -0.39 is 24.1 Å². The number of benzene rings is 1. The monoisotopic (exact) mass is 560 g/mol. The standard InChI is InChI=1S/C27H31ClF2N6O3/c1-14-3-7-17(12-37)36(11-14)26-31-10-19(28)24(34-26)32-16-6-8-20-18(9-16)21-22(25(38)35(20)2)39-13-27(29,30)23(33-21)15-4-5-15/h6,8-10,14-15,17,23,33,37H,3-5,7,11-13H2,1-2H3,(H,31,32,34)/t14-,17+,23?/m0/s1. The lowest BCUT2D eigenvalue weighted by atomic mass is 9.95. The van der Waals surface area contributed by atoms with Gasteiger partial charge < -0.3 is 29.9 Å². The molecule has 0 radical (unpaired) electrons. The van der Waals surface area contributed by atoms with Crippen LogP contribution in [-0.2, 0) is 7.05 Å². The lowest BCUT2D eigenvalue weighted by Gasteiger charge is -2.37. The number of nitrogens with zero attached hydrogens (tertiary/aromatic N) is 4. The zero-order valence-electron chi connectivity index (χ0n) is 21.8. The van der Waals surface area contributed by atoms with E-state index in [4.69, 9.17) is 16.3 Å². The summed E-state index contributed by atoms with van der Waals surface area (Å²) in [5, 5.41) is 17.0. The molecule has 3 atom stereocenters. The number of hydrogen-bond acceptors (Lipinski definition) is 8. The number of aliphatic hydroxyl groups excluding tert-OH is 1. The third kappa shape index (κ3) is 4.75. The zero-order chi connectivity index (χ0) is 27.5. The average Bonchev–Trinajstić information content (AvgIpc) is 3.76. The molecule has 6 rings (SSSR count). The molecule has 208 valence electrons. The van der Waals surface area contributed by atoms with Gasteiger partial charge in [-0.2, -0.15) is 4.98 Å². The van der Waals surface area contributed by atoms with Gasteiger partial charge in [0, 0.05) is 24.7 Å². The molecule has 3 N–H and O–H groups in total. The van der Waals surface area contributed by atoms with Crippen LogP contribution in [-0.4, -0.2) is 57.4 Å². The predicted octanol–water partition coefficient (Wildman–Crippen LogP) is 4.54. The summed E-state index contributed by atoms with van der Waals surface area (Å²) in [6.45, 7) is 2.03. The number of hydrogen-bond donors (Lipinski definition) is 3. The Morgan fingerprint density at radius 1 is 1.28 bits per heavy atom. The average molecular weight is 561 g/mol. The van der Waals surface area contributed by atoms with Gasteiger partial charge >= 0.3 is 5.92 Å². The van der Waals surface area contributed by atoms with Gasteiger partial charge in [-0.05, 0) is 55.7 Å². The number of pyridine rings is 1. The number of aromatic nitrogens is 3. The third-order valence-electron chi connectivity index (χ3n) is 8.01. The Kier molecular flexibility index (Phi) is 6.53. The summed E-state index contributed by atoms with van der Waals surface area (Å²) in [7, 11) is 1.59. The highest BCUT2D eigenvalue weighted by molar-refractivity contribution is 6.33. The van der Waals surface area contributed by atoms with E-state index in [2.05, 4.69) is 27.5 Å². The van der Waals surface area contributed by atoms with E-state index in [0.29, 0.717) is 52.1 Å². The van der Waals surface area contributed by atoms with Crippen molar-refractivity contribution < 1.29 is 18.6 Å². The minimum Gasteiger partial charge on any atom is -0.480 e. The van der Waals surface area contributed by atoms with Crippen LogP contribution in [0.5, 0.6) is 5.75 Å². The van der Waals surface area contributed by atoms with Crippen LogP contribution in [0.3, 0.4) is 0 Å². The molecule has 9 nitrogen and oxygen atoms in total. The van der Waals surface area contributed by atoms with E-state index in [0.717, 1.165) is 19.4 Å². The van der Waals surface area contributed by atoms with Crippen LogP contribution in [0.15, 0.2) is 29.2 Å². The minimum atomic E-state index is -3.11. The van der Waals surface area contributed by atoms with Crippen molar-refractivity contribution in [3.8, 4) is 5.75 Å². The normalized spacial score (nSPS) is 24.5. The van der Waals surface area contributed by atoms with Gasteiger partial charge in [0.15, 0.2) is 12.4 Å². The second kappa shape index (κ2) is 9.78. The number of aliphatic hydroxyl groups is 1. The summed E-state index contributed by atoms with van der Waals surface area (Å²) in [4.78, 5) is 24.1. The Labute approximate surface area is 229 Å². The van der Waals surface area contributed by atoms with Crippen molar-refractivity contribution in [1.82, 2.24) is 14.5 Å². The largest absolute Gasteiger partial charge is 0.480 e. The second-order valence-electron chi connectivity index (χ2n) is 11.0. The first-order valence-electron chi connectivity index (χ1n) is 13.3. The number of rotatable bonds is 5. The highest BCUT2D eigenvalue weighted by atomic mass is 35.5. The zero-order valence-corrected chi connectivity index (χ0v) is 22.5. The molecule has 2 aromatic heterocycles. The molecule has 12 heteroatoms. The van der Waals surface area contributed by atoms with Gasteiger partial charge in [-0.1, -0.05) is 18.5 Å². The second-order valence-corrected chi connectivity index (χ2v) is 11.4.